The predicted molar refractivity (Wildman–Crippen MR) is 80.5 cm³/mol. The van der Waals surface area contributed by atoms with Gasteiger partial charge >= 0.3 is 0 Å². The second kappa shape index (κ2) is 4.80. The molecule has 21 heavy (non-hydrogen) atoms. The summed E-state index contributed by atoms with van der Waals surface area (Å²) in [6, 6.07) is 0. The summed E-state index contributed by atoms with van der Waals surface area (Å²) < 4.78 is 5.70. The molecule has 4 fully saturated rings. The summed E-state index contributed by atoms with van der Waals surface area (Å²) >= 11 is 0. The van der Waals surface area contributed by atoms with Crippen molar-refractivity contribution in [1.29, 1.82) is 0 Å². The van der Waals surface area contributed by atoms with Crippen molar-refractivity contribution >= 4 is 0 Å². The van der Waals surface area contributed by atoms with E-state index in [1.165, 1.54) is 32.1 Å². The van der Waals surface area contributed by atoms with Crippen LogP contribution in [0, 0.1) is 23.7 Å². The molecule has 0 aromatic carbocycles. The van der Waals surface area contributed by atoms with Crippen LogP contribution in [0.25, 0.3) is 0 Å². The van der Waals surface area contributed by atoms with Crippen LogP contribution in [0.1, 0.15) is 76.4 Å². The highest BCUT2D eigenvalue weighted by Crippen LogP contribution is 2.59. The van der Waals surface area contributed by atoms with E-state index in [1.807, 2.05) is 0 Å². The molecule has 4 aliphatic carbocycles. The van der Waals surface area contributed by atoms with Gasteiger partial charge in [-0.05, 0) is 68.6 Å². The highest BCUT2D eigenvalue weighted by molar-refractivity contribution is 5.11. The summed E-state index contributed by atoms with van der Waals surface area (Å²) in [5.74, 6) is 5.64. The molecule has 2 N–H and O–H groups in total. The van der Waals surface area contributed by atoms with Gasteiger partial charge in [0.05, 0.1) is 5.54 Å². The highest BCUT2D eigenvalue weighted by Gasteiger charge is 2.50. The molecule has 0 aliphatic heterocycles. The van der Waals surface area contributed by atoms with E-state index < -0.39 is 5.54 Å². The number of nitrogens with two attached hydrogens (primary N) is 1. The van der Waals surface area contributed by atoms with Crippen LogP contribution < -0.4 is 5.73 Å². The molecule has 4 nitrogen and oxygen atoms in total. The number of nitrogens with zero attached hydrogens (tertiary/aromatic N) is 2. The lowest BCUT2D eigenvalue weighted by Gasteiger charge is -2.53. The second-order valence-electron chi connectivity index (χ2n) is 7.78. The molecule has 4 bridgehead atoms. The summed E-state index contributed by atoms with van der Waals surface area (Å²) in [7, 11) is 0. The molecular formula is C17H27N3O. The molecule has 1 heterocycles. The van der Waals surface area contributed by atoms with Crippen molar-refractivity contribution in [3.05, 3.63) is 11.7 Å². The largest absolute Gasteiger partial charge is 0.339 e. The molecule has 0 saturated heterocycles. The van der Waals surface area contributed by atoms with E-state index in [-0.39, 0.29) is 0 Å². The van der Waals surface area contributed by atoms with E-state index in [2.05, 4.69) is 19.0 Å². The number of aromatic nitrogens is 2. The molecule has 0 unspecified atom stereocenters. The Kier molecular flexibility index (Phi) is 3.14. The quantitative estimate of drug-likeness (QED) is 0.920. The third-order valence-electron chi connectivity index (χ3n) is 6.66. The van der Waals surface area contributed by atoms with Crippen molar-refractivity contribution in [1.82, 2.24) is 10.1 Å². The van der Waals surface area contributed by atoms with Gasteiger partial charge in [0.25, 0.3) is 0 Å². The van der Waals surface area contributed by atoms with Crippen LogP contribution >= 0.6 is 0 Å². The van der Waals surface area contributed by atoms with E-state index in [4.69, 9.17) is 15.2 Å². The standard InChI is InChI=1S/C17H27N3O/c1-3-17(18,4-2)16-19-15(21-20-16)14-12-6-10-5-11(8-12)9-13(14)7-10/h10-14H,3-9,18H2,1-2H3. The number of rotatable bonds is 4. The Bertz CT molecular complexity index is 492. The Balaban J connectivity index is 1.61. The van der Waals surface area contributed by atoms with Gasteiger partial charge in [-0.25, -0.2) is 0 Å². The molecule has 5 rings (SSSR count). The minimum Gasteiger partial charge on any atom is -0.339 e. The van der Waals surface area contributed by atoms with Crippen LogP contribution in [-0.2, 0) is 5.54 Å². The van der Waals surface area contributed by atoms with E-state index in [1.54, 1.807) is 0 Å². The normalized spacial score (nSPS) is 38.1. The highest BCUT2D eigenvalue weighted by atomic mass is 16.5. The van der Waals surface area contributed by atoms with Crippen LogP contribution in [-0.4, -0.2) is 10.1 Å². The van der Waals surface area contributed by atoms with E-state index in [0.29, 0.717) is 5.92 Å². The van der Waals surface area contributed by atoms with Gasteiger partial charge in [0, 0.05) is 5.92 Å². The molecule has 0 atom stereocenters. The van der Waals surface area contributed by atoms with Crippen molar-refractivity contribution < 1.29 is 4.52 Å². The minimum atomic E-state index is -0.423. The Hall–Kier alpha value is -0.900. The molecule has 0 amide bonds. The maximum Gasteiger partial charge on any atom is 0.230 e. The van der Waals surface area contributed by atoms with Crippen molar-refractivity contribution in [2.45, 2.75) is 70.3 Å². The third kappa shape index (κ3) is 2.06. The summed E-state index contributed by atoms with van der Waals surface area (Å²) in [6.07, 6.45) is 8.70. The Labute approximate surface area is 126 Å². The fourth-order valence-corrected chi connectivity index (χ4v) is 5.47. The fraction of sp³-hybridized carbons (Fsp3) is 0.882. The van der Waals surface area contributed by atoms with Crippen LogP contribution in [0.4, 0.5) is 0 Å². The molecule has 4 saturated carbocycles. The Morgan fingerprint density at radius 3 is 2.14 bits per heavy atom. The minimum absolute atomic E-state index is 0.423. The first-order chi connectivity index (χ1) is 10.1. The van der Waals surface area contributed by atoms with Gasteiger partial charge in [-0.1, -0.05) is 19.0 Å². The van der Waals surface area contributed by atoms with E-state index in [9.17, 15) is 0 Å². The lowest BCUT2D eigenvalue weighted by molar-refractivity contribution is -0.0131. The first-order valence-corrected chi connectivity index (χ1v) is 8.76. The molecule has 0 spiro atoms. The fourth-order valence-electron chi connectivity index (χ4n) is 5.47. The Morgan fingerprint density at radius 1 is 1.05 bits per heavy atom. The van der Waals surface area contributed by atoms with Crippen LogP contribution in [0.2, 0.25) is 0 Å². The monoisotopic (exact) mass is 289 g/mol. The van der Waals surface area contributed by atoms with Gasteiger partial charge in [-0.15, -0.1) is 0 Å². The number of hydrogen-bond acceptors (Lipinski definition) is 4. The first-order valence-electron chi connectivity index (χ1n) is 8.76. The maximum absolute atomic E-state index is 6.42. The van der Waals surface area contributed by atoms with Crippen LogP contribution in [0.5, 0.6) is 0 Å². The van der Waals surface area contributed by atoms with E-state index >= 15 is 0 Å². The summed E-state index contributed by atoms with van der Waals surface area (Å²) in [5, 5.41) is 4.25. The summed E-state index contributed by atoms with van der Waals surface area (Å²) in [6.45, 7) is 4.20. The average Bonchev–Trinajstić information content (AvgIpc) is 2.95. The van der Waals surface area contributed by atoms with Crippen molar-refractivity contribution in [2.75, 3.05) is 0 Å². The van der Waals surface area contributed by atoms with Crippen molar-refractivity contribution in [2.24, 2.45) is 29.4 Å². The molecule has 4 heteroatoms. The van der Waals surface area contributed by atoms with Gasteiger partial charge in [-0.2, -0.15) is 4.98 Å². The van der Waals surface area contributed by atoms with Gasteiger partial charge in [0.1, 0.15) is 0 Å². The molecule has 0 radical (unpaired) electrons. The maximum atomic E-state index is 6.42. The summed E-state index contributed by atoms with van der Waals surface area (Å²) in [4.78, 5) is 4.77. The molecule has 4 aliphatic rings. The molecule has 1 aromatic heterocycles. The second-order valence-corrected chi connectivity index (χ2v) is 7.78. The van der Waals surface area contributed by atoms with Crippen molar-refractivity contribution in [3.8, 4) is 0 Å². The van der Waals surface area contributed by atoms with Crippen LogP contribution in [0.15, 0.2) is 4.52 Å². The predicted octanol–water partition coefficient (Wildman–Crippen LogP) is 3.58. The third-order valence-corrected chi connectivity index (χ3v) is 6.66. The zero-order valence-corrected chi connectivity index (χ0v) is 13.2. The molecular weight excluding hydrogens is 262 g/mol. The van der Waals surface area contributed by atoms with E-state index in [0.717, 1.165) is 48.2 Å². The number of hydrogen-bond donors (Lipinski definition) is 1. The first kappa shape index (κ1) is 13.7. The van der Waals surface area contributed by atoms with Crippen LogP contribution in [0.3, 0.4) is 0 Å². The Morgan fingerprint density at radius 2 is 1.62 bits per heavy atom. The summed E-state index contributed by atoms with van der Waals surface area (Å²) in [5.41, 5.74) is 6.00. The lowest BCUT2D eigenvalue weighted by Crippen LogP contribution is -2.44. The average molecular weight is 289 g/mol. The smallest absolute Gasteiger partial charge is 0.230 e. The van der Waals surface area contributed by atoms with Gasteiger partial charge < -0.3 is 10.3 Å². The SMILES string of the molecule is CCC(N)(CC)c1noc(C2C3CC4CC(C3)CC2C4)n1. The topological polar surface area (TPSA) is 64.9 Å². The molecule has 1 aromatic rings. The lowest BCUT2D eigenvalue weighted by atomic mass is 9.52. The van der Waals surface area contributed by atoms with Gasteiger partial charge in [0.2, 0.25) is 5.89 Å². The molecule has 116 valence electrons. The zero-order valence-electron chi connectivity index (χ0n) is 13.2. The van der Waals surface area contributed by atoms with Gasteiger partial charge in [0.15, 0.2) is 5.82 Å². The zero-order chi connectivity index (χ0) is 14.6. The van der Waals surface area contributed by atoms with Gasteiger partial charge in [-0.3, -0.25) is 0 Å². The van der Waals surface area contributed by atoms with Crippen molar-refractivity contribution in [3.63, 3.8) is 0 Å².